The first-order valence-electron chi connectivity index (χ1n) is 8.57. The standard InChI is InChI=1S/C22H18O2/c1-3-13-5-9-19-17(11-13)15-7-8-16-18-12-14(4-2)6-10-20(18)24-22(16)21(15)23-19/h5-12H,3-4H2,1-2H3. The van der Waals surface area contributed by atoms with E-state index < -0.39 is 0 Å². The first-order valence-corrected chi connectivity index (χ1v) is 8.57. The Morgan fingerprint density at radius 3 is 1.46 bits per heavy atom. The van der Waals surface area contributed by atoms with Crippen LogP contribution >= 0.6 is 0 Å². The van der Waals surface area contributed by atoms with Crippen LogP contribution in [0.4, 0.5) is 0 Å². The fourth-order valence-electron chi connectivity index (χ4n) is 3.60. The monoisotopic (exact) mass is 314 g/mol. The molecule has 0 bridgehead atoms. The van der Waals surface area contributed by atoms with Gasteiger partial charge in [0.2, 0.25) is 0 Å². The first kappa shape index (κ1) is 13.7. The number of hydrogen-bond acceptors (Lipinski definition) is 2. The van der Waals surface area contributed by atoms with Crippen molar-refractivity contribution < 1.29 is 8.83 Å². The van der Waals surface area contributed by atoms with Crippen molar-refractivity contribution in [1.29, 1.82) is 0 Å². The fraction of sp³-hybridized carbons (Fsp3) is 0.182. The lowest BCUT2D eigenvalue weighted by atomic mass is 10.0. The Morgan fingerprint density at radius 1 is 0.583 bits per heavy atom. The van der Waals surface area contributed by atoms with E-state index in [0.29, 0.717) is 0 Å². The molecule has 118 valence electrons. The van der Waals surface area contributed by atoms with Crippen LogP contribution in [-0.4, -0.2) is 0 Å². The van der Waals surface area contributed by atoms with Gasteiger partial charge in [-0.1, -0.05) is 26.0 Å². The Labute approximate surface area is 139 Å². The molecule has 3 aromatic carbocycles. The van der Waals surface area contributed by atoms with E-state index in [-0.39, 0.29) is 0 Å². The lowest BCUT2D eigenvalue weighted by Crippen LogP contribution is -1.78. The zero-order valence-electron chi connectivity index (χ0n) is 13.8. The second kappa shape index (κ2) is 4.88. The molecule has 0 radical (unpaired) electrons. The molecular weight excluding hydrogens is 296 g/mol. The molecule has 5 aromatic rings. The van der Waals surface area contributed by atoms with Crippen molar-refractivity contribution >= 4 is 43.9 Å². The van der Waals surface area contributed by atoms with Gasteiger partial charge in [0, 0.05) is 21.5 Å². The average Bonchev–Trinajstić information content (AvgIpc) is 3.18. The van der Waals surface area contributed by atoms with Crippen LogP contribution in [0.2, 0.25) is 0 Å². The zero-order valence-corrected chi connectivity index (χ0v) is 13.8. The summed E-state index contributed by atoms with van der Waals surface area (Å²) >= 11 is 0. The van der Waals surface area contributed by atoms with Gasteiger partial charge in [-0.3, -0.25) is 0 Å². The summed E-state index contributed by atoms with van der Waals surface area (Å²) in [6, 6.07) is 17.2. The van der Waals surface area contributed by atoms with Crippen LogP contribution in [0.25, 0.3) is 43.9 Å². The normalized spacial score (nSPS) is 12.1. The number of benzene rings is 3. The van der Waals surface area contributed by atoms with Gasteiger partial charge < -0.3 is 8.83 Å². The summed E-state index contributed by atoms with van der Waals surface area (Å²) in [6.07, 6.45) is 2.05. The quantitative estimate of drug-likeness (QED) is 0.366. The Hall–Kier alpha value is -2.74. The number of fused-ring (bicyclic) bond motifs is 7. The van der Waals surface area contributed by atoms with Crippen molar-refractivity contribution in [1.82, 2.24) is 0 Å². The number of hydrogen-bond donors (Lipinski definition) is 0. The Morgan fingerprint density at radius 2 is 1.04 bits per heavy atom. The molecule has 0 saturated carbocycles. The largest absolute Gasteiger partial charge is 0.452 e. The molecule has 0 atom stereocenters. The van der Waals surface area contributed by atoms with Gasteiger partial charge in [0.1, 0.15) is 11.2 Å². The smallest absolute Gasteiger partial charge is 0.178 e. The van der Waals surface area contributed by atoms with E-state index in [9.17, 15) is 0 Å². The predicted molar refractivity (Wildman–Crippen MR) is 99.8 cm³/mol. The molecule has 0 saturated heterocycles. The fourth-order valence-corrected chi connectivity index (χ4v) is 3.60. The highest BCUT2D eigenvalue weighted by Crippen LogP contribution is 2.38. The van der Waals surface area contributed by atoms with Gasteiger partial charge in [-0.05, 0) is 60.4 Å². The molecule has 0 amide bonds. The molecule has 0 fully saturated rings. The zero-order chi connectivity index (χ0) is 16.3. The molecule has 0 aliphatic heterocycles. The van der Waals surface area contributed by atoms with Crippen LogP contribution in [0.5, 0.6) is 0 Å². The number of aryl methyl sites for hydroxylation is 2. The van der Waals surface area contributed by atoms with Crippen molar-refractivity contribution in [2.24, 2.45) is 0 Å². The van der Waals surface area contributed by atoms with Gasteiger partial charge in [-0.2, -0.15) is 0 Å². The maximum atomic E-state index is 6.16. The third-order valence-electron chi connectivity index (χ3n) is 5.02. The molecule has 0 spiro atoms. The van der Waals surface area contributed by atoms with Gasteiger partial charge in [0.25, 0.3) is 0 Å². The van der Waals surface area contributed by atoms with E-state index >= 15 is 0 Å². The highest BCUT2D eigenvalue weighted by Gasteiger charge is 2.16. The van der Waals surface area contributed by atoms with Gasteiger partial charge in [0.05, 0.1) is 0 Å². The molecule has 0 unspecified atom stereocenters. The molecule has 24 heavy (non-hydrogen) atoms. The summed E-state index contributed by atoms with van der Waals surface area (Å²) in [5.41, 5.74) is 6.19. The number of furan rings is 2. The summed E-state index contributed by atoms with van der Waals surface area (Å²) in [5.74, 6) is 0. The third kappa shape index (κ3) is 1.77. The minimum atomic E-state index is 0.852. The maximum absolute atomic E-state index is 6.16. The number of rotatable bonds is 2. The van der Waals surface area contributed by atoms with Gasteiger partial charge in [-0.15, -0.1) is 0 Å². The van der Waals surface area contributed by atoms with E-state index in [0.717, 1.165) is 45.9 Å². The van der Waals surface area contributed by atoms with Crippen LogP contribution in [0, 0.1) is 0 Å². The van der Waals surface area contributed by atoms with E-state index in [1.54, 1.807) is 0 Å². The van der Waals surface area contributed by atoms with Crippen molar-refractivity contribution in [2.75, 3.05) is 0 Å². The maximum Gasteiger partial charge on any atom is 0.178 e. The Kier molecular flexibility index (Phi) is 2.78. The Balaban J connectivity index is 1.92. The van der Waals surface area contributed by atoms with Gasteiger partial charge in [0.15, 0.2) is 11.2 Å². The molecule has 2 heterocycles. The summed E-state index contributed by atoms with van der Waals surface area (Å²) in [4.78, 5) is 0. The summed E-state index contributed by atoms with van der Waals surface area (Å²) in [7, 11) is 0. The minimum absolute atomic E-state index is 0.852. The molecule has 0 aliphatic rings. The average molecular weight is 314 g/mol. The molecule has 2 heteroatoms. The molecule has 2 aromatic heterocycles. The third-order valence-corrected chi connectivity index (χ3v) is 5.02. The van der Waals surface area contributed by atoms with Crippen LogP contribution < -0.4 is 0 Å². The lowest BCUT2D eigenvalue weighted by molar-refractivity contribution is 0.633. The van der Waals surface area contributed by atoms with Crippen LogP contribution in [0.3, 0.4) is 0 Å². The van der Waals surface area contributed by atoms with Crippen molar-refractivity contribution in [3.8, 4) is 0 Å². The molecular formula is C22H18O2. The molecule has 5 rings (SSSR count). The second-order valence-corrected chi connectivity index (χ2v) is 6.39. The molecule has 0 aliphatic carbocycles. The van der Waals surface area contributed by atoms with Crippen molar-refractivity contribution in [3.05, 3.63) is 59.7 Å². The lowest BCUT2D eigenvalue weighted by Gasteiger charge is -1.96. The van der Waals surface area contributed by atoms with Crippen molar-refractivity contribution in [3.63, 3.8) is 0 Å². The minimum Gasteiger partial charge on any atom is -0.452 e. The first-order chi connectivity index (χ1) is 11.8. The van der Waals surface area contributed by atoms with Crippen molar-refractivity contribution in [2.45, 2.75) is 26.7 Å². The van der Waals surface area contributed by atoms with E-state index in [1.165, 1.54) is 21.9 Å². The predicted octanol–water partition coefficient (Wildman–Crippen LogP) is 6.61. The van der Waals surface area contributed by atoms with E-state index in [1.807, 2.05) is 0 Å². The van der Waals surface area contributed by atoms with E-state index in [2.05, 4.69) is 62.4 Å². The second-order valence-electron chi connectivity index (χ2n) is 6.39. The van der Waals surface area contributed by atoms with Crippen LogP contribution in [-0.2, 0) is 12.8 Å². The summed E-state index contributed by atoms with van der Waals surface area (Å²) in [6.45, 7) is 4.35. The topological polar surface area (TPSA) is 26.3 Å². The van der Waals surface area contributed by atoms with Crippen LogP contribution in [0.1, 0.15) is 25.0 Å². The Bertz CT molecular complexity index is 1120. The molecule has 2 nitrogen and oxygen atoms in total. The van der Waals surface area contributed by atoms with Gasteiger partial charge in [-0.25, -0.2) is 0 Å². The van der Waals surface area contributed by atoms with E-state index in [4.69, 9.17) is 8.83 Å². The summed E-state index contributed by atoms with van der Waals surface area (Å²) in [5, 5.41) is 4.59. The summed E-state index contributed by atoms with van der Waals surface area (Å²) < 4.78 is 12.3. The van der Waals surface area contributed by atoms with Crippen LogP contribution in [0.15, 0.2) is 57.4 Å². The van der Waals surface area contributed by atoms with Gasteiger partial charge >= 0.3 is 0 Å². The highest BCUT2D eigenvalue weighted by molar-refractivity contribution is 6.18. The molecule has 0 N–H and O–H groups in total. The highest BCUT2D eigenvalue weighted by atomic mass is 16.4. The SMILES string of the molecule is CCc1ccc2oc3c(ccc4c5cc(CC)ccc5oc43)c2c1.